The fraction of sp³-hybridized carbons (Fsp3) is 0.300. The Morgan fingerprint density at radius 3 is 2.25 bits per heavy atom. The minimum Gasteiger partial charge on any atom is -0.404 e. The summed E-state index contributed by atoms with van der Waals surface area (Å²) in [5, 5.41) is 8.95. The molecule has 0 saturated carbocycles. The molecule has 1 rings (SSSR count). The molecule has 0 heterocycles. The third-order valence-electron chi connectivity index (χ3n) is 1.73. The molecule has 12 heavy (non-hydrogen) atoms. The Kier molecular flexibility index (Phi) is 6.54. The maximum absolute atomic E-state index is 8.95. The Balaban J connectivity index is 0.00000121. The van der Waals surface area contributed by atoms with Crippen LogP contribution in [0.3, 0.4) is 0 Å². The van der Waals surface area contributed by atoms with Crippen molar-refractivity contribution in [2.45, 2.75) is 20.5 Å². The van der Waals surface area contributed by atoms with Crippen LogP contribution in [0.1, 0.15) is 25.0 Å². The summed E-state index contributed by atoms with van der Waals surface area (Å²) in [6.45, 7) is 4.23. The zero-order chi connectivity index (χ0) is 8.27. The van der Waals surface area contributed by atoms with Crippen LogP contribution in [0, 0.1) is 5.92 Å². The number of benzene rings is 1. The van der Waals surface area contributed by atoms with Gasteiger partial charge in [0.25, 0.3) is 0 Å². The van der Waals surface area contributed by atoms with Crippen molar-refractivity contribution in [1.82, 2.24) is 0 Å². The molecule has 0 saturated heterocycles. The monoisotopic (exact) mass is 188 g/mol. The van der Waals surface area contributed by atoms with E-state index < -0.39 is 0 Å². The summed E-state index contributed by atoms with van der Waals surface area (Å²) in [4.78, 5) is 0. The number of rotatable bonds is 2. The van der Waals surface area contributed by atoms with Gasteiger partial charge in [0.15, 0.2) is 0 Å². The molecule has 2 heteroatoms. The van der Waals surface area contributed by atoms with E-state index in [1.807, 2.05) is 24.3 Å². The van der Waals surface area contributed by atoms with E-state index in [0.717, 1.165) is 11.1 Å². The quantitative estimate of drug-likeness (QED) is 0.473. The minimum atomic E-state index is 0. The molecule has 0 radical (unpaired) electrons. The van der Waals surface area contributed by atoms with Crippen LogP contribution in [-0.2, 0) is 6.61 Å². The van der Waals surface area contributed by atoms with Gasteiger partial charge in [-0.05, 0) is 0 Å². The van der Waals surface area contributed by atoms with Crippen molar-refractivity contribution < 1.29 is 56.5 Å². The molecular formula is C10H13KO. The van der Waals surface area contributed by atoms with Gasteiger partial charge in [0.2, 0.25) is 0 Å². The molecule has 0 amide bonds. The second-order valence-corrected chi connectivity index (χ2v) is 2.82. The van der Waals surface area contributed by atoms with Gasteiger partial charge in [0.1, 0.15) is 0 Å². The molecule has 0 unspecified atom stereocenters. The second-order valence-electron chi connectivity index (χ2n) is 2.82. The van der Waals surface area contributed by atoms with E-state index in [1.54, 1.807) is 0 Å². The van der Waals surface area contributed by atoms with Crippen molar-refractivity contribution in [3.8, 4) is 0 Å². The summed E-state index contributed by atoms with van der Waals surface area (Å²) in [6, 6.07) is 7.91. The van der Waals surface area contributed by atoms with E-state index in [0.29, 0.717) is 0 Å². The van der Waals surface area contributed by atoms with Crippen LogP contribution in [0.5, 0.6) is 0 Å². The van der Waals surface area contributed by atoms with Crippen molar-refractivity contribution in [2.75, 3.05) is 0 Å². The summed E-state index contributed by atoms with van der Waals surface area (Å²) < 4.78 is 0. The van der Waals surface area contributed by atoms with E-state index in [4.69, 9.17) is 5.11 Å². The van der Waals surface area contributed by atoms with Gasteiger partial charge in [0, 0.05) is 6.61 Å². The fourth-order valence-electron chi connectivity index (χ4n) is 1.15. The SMILES string of the molecule is C[C-](C)c1ccccc1CO.[K+]. The van der Waals surface area contributed by atoms with Gasteiger partial charge in [-0.2, -0.15) is 17.5 Å². The molecule has 0 aliphatic rings. The Labute approximate surface area is 117 Å². The Morgan fingerprint density at radius 2 is 1.83 bits per heavy atom. The van der Waals surface area contributed by atoms with Gasteiger partial charge in [-0.25, -0.2) is 0 Å². The molecule has 1 aromatic carbocycles. The first-order valence-corrected chi connectivity index (χ1v) is 3.75. The molecule has 0 atom stereocenters. The average molecular weight is 188 g/mol. The summed E-state index contributed by atoms with van der Waals surface area (Å²) in [5.41, 5.74) is 2.17. The van der Waals surface area contributed by atoms with Gasteiger partial charge in [-0.1, -0.05) is 19.9 Å². The maximum Gasteiger partial charge on any atom is 1.00 e. The molecule has 0 aliphatic carbocycles. The first-order chi connectivity index (χ1) is 5.25. The molecule has 1 N–H and O–H groups in total. The van der Waals surface area contributed by atoms with Gasteiger partial charge < -0.3 is 5.11 Å². The van der Waals surface area contributed by atoms with Gasteiger partial charge >= 0.3 is 51.4 Å². The van der Waals surface area contributed by atoms with Crippen molar-refractivity contribution in [2.24, 2.45) is 0 Å². The largest absolute Gasteiger partial charge is 1.00 e. The van der Waals surface area contributed by atoms with Crippen LogP contribution in [0.15, 0.2) is 24.3 Å². The van der Waals surface area contributed by atoms with Gasteiger partial charge in [0.05, 0.1) is 0 Å². The number of hydrogen-bond donors (Lipinski definition) is 1. The molecule has 0 bridgehead atoms. The van der Waals surface area contributed by atoms with Crippen LogP contribution in [0.4, 0.5) is 0 Å². The summed E-state index contributed by atoms with van der Waals surface area (Å²) in [7, 11) is 0. The van der Waals surface area contributed by atoms with Crippen molar-refractivity contribution in [3.63, 3.8) is 0 Å². The van der Waals surface area contributed by atoms with E-state index >= 15 is 0 Å². The van der Waals surface area contributed by atoms with E-state index in [1.165, 1.54) is 5.92 Å². The van der Waals surface area contributed by atoms with Crippen molar-refractivity contribution in [1.29, 1.82) is 0 Å². The summed E-state index contributed by atoms with van der Waals surface area (Å²) >= 11 is 0. The average Bonchev–Trinajstić information content (AvgIpc) is 2.04. The number of aliphatic hydroxyl groups excluding tert-OH is 1. The van der Waals surface area contributed by atoms with Crippen molar-refractivity contribution >= 4 is 0 Å². The fourth-order valence-corrected chi connectivity index (χ4v) is 1.15. The standard InChI is InChI=1S/C10H13O.K/c1-8(2)10-6-4-3-5-9(10)7-11;/h3-6,11H,7H2,1-2H3;/q-1;+1. The Morgan fingerprint density at radius 1 is 1.25 bits per heavy atom. The molecule has 0 fully saturated rings. The summed E-state index contributed by atoms with van der Waals surface area (Å²) in [6.07, 6.45) is 0. The van der Waals surface area contributed by atoms with Gasteiger partial charge in [-0.3, -0.25) is 0 Å². The Bertz CT molecular complexity index is 233. The van der Waals surface area contributed by atoms with Crippen LogP contribution >= 0.6 is 0 Å². The minimum absolute atomic E-state index is 0. The van der Waals surface area contributed by atoms with E-state index in [9.17, 15) is 0 Å². The molecule has 0 spiro atoms. The maximum atomic E-state index is 8.95. The first-order valence-electron chi connectivity index (χ1n) is 3.75. The topological polar surface area (TPSA) is 20.2 Å². The normalized spacial score (nSPS) is 8.92. The number of hydrogen-bond acceptors (Lipinski definition) is 1. The molecule has 60 valence electrons. The smallest absolute Gasteiger partial charge is 0.404 e. The van der Waals surface area contributed by atoms with Crippen LogP contribution in [0.25, 0.3) is 0 Å². The third kappa shape index (κ3) is 3.21. The van der Waals surface area contributed by atoms with Crippen LogP contribution in [-0.4, -0.2) is 5.11 Å². The number of aliphatic hydroxyl groups is 1. The molecule has 1 nitrogen and oxygen atoms in total. The predicted octanol–water partition coefficient (Wildman–Crippen LogP) is -0.855. The Hall–Kier alpha value is 0.686. The van der Waals surface area contributed by atoms with Crippen LogP contribution < -0.4 is 51.4 Å². The van der Waals surface area contributed by atoms with E-state index in [2.05, 4.69) is 13.8 Å². The third-order valence-corrected chi connectivity index (χ3v) is 1.73. The van der Waals surface area contributed by atoms with Crippen molar-refractivity contribution in [3.05, 3.63) is 41.3 Å². The van der Waals surface area contributed by atoms with Crippen LogP contribution in [0.2, 0.25) is 0 Å². The van der Waals surface area contributed by atoms with Gasteiger partial charge in [-0.15, -0.1) is 17.7 Å². The second kappa shape index (κ2) is 6.19. The summed E-state index contributed by atoms with van der Waals surface area (Å²) in [5.74, 6) is 1.25. The zero-order valence-corrected chi connectivity index (χ0v) is 11.1. The molecule has 0 aromatic heterocycles. The molecule has 0 aliphatic heterocycles. The van der Waals surface area contributed by atoms with E-state index in [-0.39, 0.29) is 58.0 Å². The zero-order valence-electron chi connectivity index (χ0n) is 7.96. The molecule has 1 aromatic rings. The molecular weight excluding hydrogens is 175 g/mol. The predicted molar refractivity (Wildman–Crippen MR) is 46.1 cm³/mol. The first kappa shape index (κ1) is 12.7.